The van der Waals surface area contributed by atoms with Gasteiger partial charge in [-0.3, -0.25) is 14.4 Å². The summed E-state index contributed by atoms with van der Waals surface area (Å²) in [4.78, 5) is 37.3. The van der Waals surface area contributed by atoms with Gasteiger partial charge in [0.2, 0.25) is 11.8 Å². The van der Waals surface area contributed by atoms with Gasteiger partial charge in [0, 0.05) is 18.4 Å². The minimum absolute atomic E-state index is 0.155. The second kappa shape index (κ2) is 9.53. The van der Waals surface area contributed by atoms with E-state index in [-0.39, 0.29) is 29.6 Å². The molecule has 0 aliphatic carbocycles. The summed E-state index contributed by atoms with van der Waals surface area (Å²) in [5.41, 5.74) is 0.665. The van der Waals surface area contributed by atoms with Crippen LogP contribution >= 0.6 is 0 Å². The number of hydrogen-bond acceptors (Lipinski definition) is 3. The molecule has 6 nitrogen and oxygen atoms in total. The topological polar surface area (TPSA) is 87.3 Å². The number of carbonyl (C=O) groups excluding carboxylic acids is 3. The highest BCUT2D eigenvalue weighted by Crippen LogP contribution is 2.28. The molecule has 6 heteroatoms. The first-order valence-electron chi connectivity index (χ1n) is 9.44. The van der Waals surface area contributed by atoms with Gasteiger partial charge < -0.3 is 16.0 Å². The Bertz CT molecular complexity index is 688. The van der Waals surface area contributed by atoms with Crippen molar-refractivity contribution in [2.75, 3.05) is 10.6 Å². The molecule has 3 amide bonds. The van der Waals surface area contributed by atoms with Gasteiger partial charge in [0.15, 0.2) is 0 Å². The summed E-state index contributed by atoms with van der Waals surface area (Å²) < 4.78 is 0. The molecule has 0 radical (unpaired) electrons. The minimum Gasteiger partial charge on any atom is -0.347 e. The molecule has 0 aromatic heterocycles. The van der Waals surface area contributed by atoms with Crippen molar-refractivity contribution in [2.24, 2.45) is 11.8 Å². The molecule has 0 spiro atoms. The first kappa shape index (κ1) is 22.7. The van der Waals surface area contributed by atoms with Crippen LogP contribution in [0.25, 0.3) is 0 Å². The SMILES string of the molecule is CC(C)CC(=O)Nc1cccc(C(=O)NC(C)(C)C)c1NC(=O)CC(C)C. The summed E-state index contributed by atoms with van der Waals surface area (Å²) in [6.45, 7) is 13.5. The molecule has 1 rings (SSSR count). The largest absolute Gasteiger partial charge is 0.347 e. The van der Waals surface area contributed by atoms with E-state index in [2.05, 4.69) is 16.0 Å². The van der Waals surface area contributed by atoms with Gasteiger partial charge in [0.1, 0.15) is 0 Å². The molecule has 0 saturated heterocycles. The van der Waals surface area contributed by atoms with Gasteiger partial charge in [-0.2, -0.15) is 0 Å². The average Bonchev–Trinajstić information content (AvgIpc) is 2.45. The normalized spacial score (nSPS) is 11.4. The van der Waals surface area contributed by atoms with E-state index in [1.165, 1.54) is 0 Å². The molecule has 0 atom stereocenters. The molecule has 0 aliphatic rings. The standard InChI is InChI=1S/C21H33N3O3/c1-13(2)11-17(25)22-16-10-8-9-15(20(27)24-21(5,6)7)19(16)23-18(26)12-14(3)4/h8-10,13-14H,11-12H2,1-7H3,(H,22,25)(H,23,26)(H,24,27). The third kappa shape index (κ3) is 8.24. The molecule has 0 aliphatic heterocycles. The summed E-state index contributed by atoms with van der Waals surface area (Å²) in [5, 5.41) is 8.55. The van der Waals surface area contributed by atoms with Crippen LogP contribution in [0.3, 0.4) is 0 Å². The van der Waals surface area contributed by atoms with Crippen LogP contribution in [-0.2, 0) is 9.59 Å². The van der Waals surface area contributed by atoms with E-state index in [9.17, 15) is 14.4 Å². The number of amides is 3. The lowest BCUT2D eigenvalue weighted by Crippen LogP contribution is -2.41. The third-order valence-electron chi connectivity index (χ3n) is 3.52. The number of para-hydroxylation sites is 1. The van der Waals surface area contributed by atoms with Crippen LogP contribution < -0.4 is 16.0 Å². The van der Waals surface area contributed by atoms with Gasteiger partial charge in [0.25, 0.3) is 5.91 Å². The molecule has 27 heavy (non-hydrogen) atoms. The van der Waals surface area contributed by atoms with E-state index < -0.39 is 5.54 Å². The Kier molecular flexibility index (Phi) is 8.00. The van der Waals surface area contributed by atoms with E-state index in [1.54, 1.807) is 18.2 Å². The maximum atomic E-state index is 12.7. The van der Waals surface area contributed by atoms with Gasteiger partial charge in [-0.1, -0.05) is 33.8 Å². The fourth-order valence-electron chi connectivity index (χ4n) is 2.52. The van der Waals surface area contributed by atoms with Crippen LogP contribution in [0.1, 0.15) is 71.7 Å². The Morgan fingerprint density at radius 2 is 1.41 bits per heavy atom. The Balaban J connectivity index is 3.24. The van der Waals surface area contributed by atoms with Crippen molar-refractivity contribution in [3.05, 3.63) is 23.8 Å². The Hall–Kier alpha value is -2.37. The van der Waals surface area contributed by atoms with E-state index in [1.807, 2.05) is 48.5 Å². The Labute approximate surface area is 162 Å². The highest BCUT2D eigenvalue weighted by Gasteiger charge is 2.22. The summed E-state index contributed by atoms with van der Waals surface area (Å²) in [6, 6.07) is 5.03. The molecule has 0 fully saturated rings. The highest BCUT2D eigenvalue weighted by molar-refractivity contribution is 6.09. The molecule has 0 heterocycles. The summed E-state index contributed by atoms with van der Waals surface area (Å²) in [7, 11) is 0. The summed E-state index contributed by atoms with van der Waals surface area (Å²) >= 11 is 0. The van der Waals surface area contributed by atoms with Gasteiger partial charge in [0.05, 0.1) is 16.9 Å². The van der Waals surface area contributed by atoms with Crippen LogP contribution in [0.2, 0.25) is 0 Å². The monoisotopic (exact) mass is 375 g/mol. The minimum atomic E-state index is -0.423. The van der Waals surface area contributed by atoms with Gasteiger partial charge >= 0.3 is 0 Å². The third-order valence-corrected chi connectivity index (χ3v) is 3.52. The van der Waals surface area contributed by atoms with Crippen molar-refractivity contribution < 1.29 is 14.4 Å². The van der Waals surface area contributed by atoms with Gasteiger partial charge in [-0.05, 0) is 44.7 Å². The number of hydrogen-bond donors (Lipinski definition) is 3. The maximum Gasteiger partial charge on any atom is 0.253 e. The van der Waals surface area contributed by atoms with Crippen LogP contribution in [0.5, 0.6) is 0 Å². The van der Waals surface area contributed by atoms with Crippen molar-refractivity contribution in [3.63, 3.8) is 0 Å². The Morgan fingerprint density at radius 1 is 0.889 bits per heavy atom. The molecule has 150 valence electrons. The van der Waals surface area contributed by atoms with Crippen molar-refractivity contribution in [1.29, 1.82) is 0 Å². The first-order chi connectivity index (χ1) is 12.4. The van der Waals surface area contributed by atoms with E-state index in [0.29, 0.717) is 29.8 Å². The fraction of sp³-hybridized carbons (Fsp3) is 0.571. The van der Waals surface area contributed by atoms with Crippen molar-refractivity contribution in [2.45, 2.75) is 66.8 Å². The van der Waals surface area contributed by atoms with E-state index in [4.69, 9.17) is 0 Å². The lowest BCUT2D eigenvalue weighted by atomic mass is 10.0. The lowest BCUT2D eigenvalue weighted by Gasteiger charge is -2.23. The van der Waals surface area contributed by atoms with Gasteiger partial charge in [-0.15, -0.1) is 0 Å². The summed E-state index contributed by atoms with van der Waals surface area (Å²) in [6.07, 6.45) is 0.687. The van der Waals surface area contributed by atoms with Gasteiger partial charge in [-0.25, -0.2) is 0 Å². The van der Waals surface area contributed by atoms with Crippen molar-refractivity contribution in [3.8, 4) is 0 Å². The number of rotatable bonds is 7. The maximum absolute atomic E-state index is 12.7. The number of anilines is 2. The quantitative estimate of drug-likeness (QED) is 0.668. The van der Waals surface area contributed by atoms with E-state index in [0.717, 1.165) is 0 Å². The fourth-order valence-corrected chi connectivity index (χ4v) is 2.52. The number of benzene rings is 1. The zero-order valence-corrected chi connectivity index (χ0v) is 17.5. The van der Waals surface area contributed by atoms with E-state index >= 15 is 0 Å². The van der Waals surface area contributed by atoms with Crippen LogP contribution in [0.4, 0.5) is 11.4 Å². The molecular formula is C21H33N3O3. The van der Waals surface area contributed by atoms with Crippen molar-refractivity contribution >= 4 is 29.1 Å². The number of nitrogens with one attached hydrogen (secondary N) is 3. The van der Waals surface area contributed by atoms with Crippen molar-refractivity contribution in [1.82, 2.24) is 5.32 Å². The smallest absolute Gasteiger partial charge is 0.253 e. The molecular weight excluding hydrogens is 342 g/mol. The van der Waals surface area contributed by atoms with Crippen LogP contribution in [0.15, 0.2) is 18.2 Å². The molecule has 0 unspecified atom stereocenters. The molecule has 1 aromatic rings. The second-order valence-corrected chi connectivity index (χ2v) is 8.72. The highest BCUT2D eigenvalue weighted by atomic mass is 16.2. The molecule has 0 bridgehead atoms. The lowest BCUT2D eigenvalue weighted by molar-refractivity contribution is -0.117. The molecule has 1 aromatic carbocycles. The van der Waals surface area contributed by atoms with Crippen LogP contribution in [0, 0.1) is 11.8 Å². The van der Waals surface area contributed by atoms with Crippen LogP contribution in [-0.4, -0.2) is 23.3 Å². The predicted octanol–water partition coefficient (Wildman–Crippen LogP) is 4.18. The Morgan fingerprint density at radius 3 is 1.89 bits per heavy atom. The average molecular weight is 376 g/mol. The summed E-state index contributed by atoms with van der Waals surface area (Å²) in [5.74, 6) is -0.267. The number of carbonyl (C=O) groups is 3. The zero-order valence-electron chi connectivity index (χ0n) is 17.5. The second-order valence-electron chi connectivity index (χ2n) is 8.72. The molecule has 3 N–H and O–H groups in total. The first-order valence-corrected chi connectivity index (χ1v) is 9.44. The molecule has 0 saturated carbocycles. The zero-order chi connectivity index (χ0) is 20.8. The predicted molar refractivity (Wildman–Crippen MR) is 110 cm³/mol.